The van der Waals surface area contributed by atoms with Gasteiger partial charge in [-0.25, -0.2) is 0 Å². The molecule has 12 heteroatoms. The van der Waals surface area contributed by atoms with E-state index >= 15 is 0 Å². The van der Waals surface area contributed by atoms with Crippen molar-refractivity contribution in [3.8, 4) is 0 Å². The number of quaternary nitrogens is 1. The van der Waals surface area contributed by atoms with Crippen LogP contribution in [0.25, 0.3) is 0 Å². The van der Waals surface area contributed by atoms with Crippen LogP contribution in [-0.4, -0.2) is 82.2 Å². The van der Waals surface area contributed by atoms with Gasteiger partial charge in [0.05, 0.1) is 40.0 Å². The normalized spacial score (nSPS) is 17.2. The molecule has 0 aliphatic carbocycles. The molecule has 4 atom stereocenters. The third kappa shape index (κ3) is 26.7. The zero-order valence-corrected chi connectivity index (χ0v) is 39.5. The molecule has 0 spiro atoms. The number of hydrogen-bond acceptors (Lipinski definition) is 10. The first-order valence-electron chi connectivity index (χ1n) is 23.2. The third-order valence-electron chi connectivity index (χ3n) is 10.8. The second kappa shape index (κ2) is 31.3. The van der Waals surface area contributed by atoms with Gasteiger partial charge in [0.15, 0.2) is 6.10 Å². The molecule has 2 heterocycles. The fraction of sp³-hybridized carbons (Fsp3) is 0.750. The van der Waals surface area contributed by atoms with Crippen LogP contribution < -0.4 is 4.89 Å². The van der Waals surface area contributed by atoms with E-state index in [4.69, 9.17) is 27.7 Å². The number of esters is 2. The van der Waals surface area contributed by atoms with Crippen molar-refractivity contribution in [1.82, 2.24) is 0 Å². The van der Waals surface area contributed by atoms with Crippen LogP contribution in [-0.2, 0) is 50.3 Å². The lowest BCUT2D eigenvalue weighted by molar-refractivity contribution is -0.870. The van der Waals surface area contributed by atoms with Crippen molar-refractivity contribution in [2.75, 3.05) is 47.5 Å². The molecular weight excluding hydrogens is 781 g/mol. The molecule has 1 fully saturated rings. The van der Waals surface area contributed by atoms with Crippen LogP contribution in [0.1, 0.15) is 165 Å². The fourth-order valence-electron chi connectivity index (χ4n) is 6.74. The number of unbranched alkanes of at least 4 members (excludes halogenated alkanes) is 10. The highest BCUT2D eigenvalue weighted by atomic mass is 31.2. The first-order chi connectivity index (χ1) is 28.7. The van der Waals surface area contributed by atoms with Crippen LogP contribution in [0.4, 0.5) is 0 Å². The molecule has 1 aromatic heterocycles. The summed E-state index contributed by atoms with van der Waals surface area (Å²) in [6.45, 7) is 8.37. The number of phosphoric ester groups is 1. The lowest BCUT2D eigenvalue weighted by Gasteiger charge is -2.28. The van der Waals surface area contributed by atoms with Crippen LogP contribution in [0.2, 0.25) is 0 Å². The second-order valence-electron chi connectivity index (χ2n) is 17.4. The van der Waals surface area contributed by atoms with Gasteiger partial charge in [-0.3, -0.25) is 14.2 Å². The lowest BCUT2D eigenvalue weighted by atomic mass is 10.0. The molecule has 1 saturated heterocycles. The van der Waals surface area contributed by atoms with Gasteiger partial charge in [-0.15, -0.1) is 0 Å². The van der Waals surface area contributed by atoms with Gasteiger partial charge in [-0.1, -0.05) is 108 Å². The molecule has 344 valence electrons. The Hall–Kier alpha value is -2.53. The number of furan rings is 1. The summed E-state index contributed by atoms with van der Waals surface area (Å²) in [5.74, 6) is 1.33. The van der Waals surface area contributed by atoms with E-state index in [9.17, 15) is 19.0 Å². The number of epoxide rings is 1. The molecule has 1 aliphatic rings. The maximum absolute atomic E-state index is 12.7. The number of carbonyl (C=O) groups is 2. The highest BCUT2D eigenvalue weighted by Gasteiger charge is 2.36. The summed E-state index contributed by atoms with van der Waals surface area (Å²) in [5.41, 5.74) is 2.60. The molecule has 60 heavy (non-hydrogen) atoms. The van der Waals surface area contributed by atoms with Crippen molar-refractivity contribution in [2.24, 2.45) is 0 Å². The van der Waals surface area contributed by atoms with E-state index in [1.807, 2.05) is 27.2 Å². The largest absolute Gasteiger partial charge is 0.756 e. The SMILES string of the molecule is CCCCCc1oc(CCCCCCCCC(=O)OC[C@H](COP(=O)([O-])OCC[N+](C)(C)C)OC(=O)CCC/C=C\C/C=C\C/C=C\CC2OC2CCCCC)c(C)c1C. The Morgan fingerprint density at radius 2 is 1.30 bits per heavy atom. The zero-order chi connectivity index (χ0) is 44.1. The van der Waals surface area contributed by atoms with Gasteiger partial charge in [0, 0.05) is 25.7 Å². The fourth-order valence-corrected chi connectivity index (χ4v) is 7.47. The maximum Gasteiger partial charge on any atom is 0.306 e. The average molecular weight is 864 g/mol. The quantitative estimate of drug-likeness (QED) is 0.0159. The number of allylic oxidation sites excluding steroid dienone is 5. The molecule has 0 aromatic carbocycles. The van der Waals surface area contributed by atoms with Crippen molar-refractivity contribution in [2.45, 2.75) is 187 Å². The Bertz CT molecular complexity index is 1460. The Kier molecular flexibility index (Phi) is 28.0. The van der Waals surface area contributed by atoms with Crippen molar-refractivity contribution in [3.05, 3.63) is 59.1 Å². The molecule has 1 aliphatic heterocycles. The Morgan fingerprint density at radius 3 is 1.97 bits per heavy atom. The smallest absolute Gasteiger partial charge is 0.306 e. The van der Waals surface area contributed by atoms with Crippen molar-refractivity contribution in [3.63, 3.8) is 0 Å². The number of likely N-dealkylation sites (N-methyl/N-ethyl adjacent to an activating group) is 1. The van der Waals surface area contributed by atoms with Gasteiger partial charge in [0.25, 0.3) is 7.82 Å². The van der Waals surface area contributed by atoms with Crippen LogP contribution >= 0.6 is 7.82 Å². The molecule has 0 saturated carbocycles. The summed E-state index contributed by atoms with van der Waals surface area (Å²) >= 11 is 0. The summed E-state index contributed by atoms with van der Waals surface area (Å²) in [6, 6.07) is 0. The predicted molar refractivity (Wildman–Crippen MR) is 239 cm³/mol. The summed E-state index contributed by atoms with van der Waals surface area (Å²) in [7, 11) is 1.09. The summed E-state index contributed by atoms with van der Waals surface area (Å²) in [5, 5.41) is 0. The second-order valence-corrected chi connectivity index (χ2v) is 18.8. The summed E-state index contributed by atoms with van der Waals surface area (Å²) in [6.07, 6.45) is 33.3. The van der Waals surface area contributed by atoms with Gasteiger partial charge in [-0.05, 0) is 82.8 Å². The Labute approximate surface area is 363 Å². The molecule has 0 radical (unpaired) electrons. The standard InChI is InChI=1S/C48H82NO10P/c1-8-10-24-30-43-40(3)41(4)44(58-43)31-26-20-18-19-22-28-34-47(50)54-38-42(39-56-60(52,53)55-37-36-49(5,6)7)57-48(51)35-29-23-17-15-13-12-14-16-21-27-33-46-45(59-46)32-25-11-9-2/h12,14-15,17,21,27,42,45-46H,8-11,13,16,18-20,22-26,28-39H2,1-7H3/b14-12-,17-15-,27-21-/t42-,45?,46?/m1/s1. The van der Waals surface area contributed by atoms with Crippen LogP contribution in [0, 0.1) is 13.8 Å². The molecule has 3 unspecified atom stereocenters. The molecule has 11 nitrogen and oxygen atoms in total. The van der Waals surface area contributed by atoms with Crippen LogP contribution in [0.15, 0.2) is 40.9 Å². The molecule has 1 aromatic rings. The van der Waals surface area contributed by atoms with Gasteiger partial charge in [0.2, 0.25) is 0 Å². The molecule has 0 N–H and O–H groups in total. The van der Waals surface area contributed by atoms with Crippen molar-refractivity contribution >= 4 is 19.8 Å². The van der Waals surface area contributed by atoms with E-state index in [0.29, 0.717) is 42.5 Å². The van der Waals surface area contributed by atoms with E-state index < -0.39 is 32.5 Å². The highest BCUT2D eigenvalue weighted by Crippen LogP contribution is 2.38. The van der Waals surface area contributed by atoms with Gasteiger partial charge in [0.1, 0.15) is 31.3 Å². The maximum atomic E-state index is 12.7. The first-order valence-corrected chi connectivity index (χ1v) is 24.6. The van der Waals surface area contributed by atoms with E-state index in [2.05, 4.69) is 58.1 Å². The minimum absolute atomic E-state index is 0.0523. The molecule has 2 rings (SSSR count). The monoisotopic (exact) mass is 864 g/mol. The summed E-state index contributed by atoms with van der Waals surface area (Å²) in [4.78, 5) is 37.7. The number of hydrogen-bond donors (Lipinski definition) is 0. The van der Waals surface area contributed by atoms with Crippen molar-refractivity contribution in [1.29, 1.82) is 0 Å². The lowest BCUT2D eigenvalue weighted by Crippen LogP contribution is -2.37. The van der Waals surface area contributed by atoms with Gasteiger partial charge >= 0.3 is 11.9 Å². The van der Waals surface area contributed by atoms with Gasteiger partial charge < -0.3 is 37.1 Å². The molecule has 0 amide bonds. The third-order valence-corrected chi connectivity index (χ3v) is 11.8. The highest BCUT2D eigenvalue weighted by molar-refractivity contribution is 7.45. The minimum atomic E-state index is -4.66. The number of phosphoric acid groups is 1. The van der Waals surface area contributed by atoms with E-state index in [0.717, 1.165) is 75.7 Å². The molecule has 0 bridgehead atoms. The van der Waals surface area contributed by atoms with Crippen LogP contribution in [0.5, 0.6) is 0 Å². The van der Waals surface area contributed by atoms with Gasteiger partial charge in [-0.2, -0.15) is 0 Å². The minimum Gasteiger partial charge on any atom is -0.756 e. The van der Waals surface area contributed by atoms with E-state index in [1.165, 1.54) is 56.1 Å². The first kappa shape index (κ1) is 53.6. The summed E-state index contributed by atoms with van der Waals surface area (Å²) < 4.78 is 45.9. The average Bonchev–Trinajstić information content (AvgIpc) is 3.89. The molecular formula is C48H82NO10P. The number of nitrogens with zero attached hydrogens (tertiary/aromatic N) is 1. The van der Waals surface area contributed by atoms with E-state index in [1.54, 1.807) is 0 Å². The topological polar surface area (TPSA) is 137 Å². The Morgan fingerprint density at radius 1 is 0.717 bits per heavy atom. The number of rotatable bonds is 37. The number of aryl methyl sites for hydroxylation is 2. The zero-order valence-electron chi connectivity index (χ0n) is 38.6. The van der Waals surface area contributed by atoms with Crippen molar-refractivity contribution < 1.29 is 51.2 Å². The van der Waals surface area contributed by atoms with E-state index in [-0.39, 0.29) is 26.1 Å². The predicted octanol–water partition coefficient (Wildman–Crippen LogP) is 10.9. The Balaban J connectivity index is 1.66. The van der Waals surface area contributed by atoms with Crippen LogP contribution in [0.3, 0.4) is 0 Å². The number of carbonyl (C=O) groups excluding carboxylic acids is 2. The number of ether oxygens (including phenoxy) is 3.